The maximum atomic E-state index is 12.5. The van der Waals surface area contributed by atoms with Gasteiger partial charge in [0.15, 0.2) is 0 Å². The third kappa shape index (κ3) is 3.06. The van der Waals surface area contributed by atoms with E-state index in [0.717, 1.165) is 19.3 Å². The van der Waals surface area contributed by atoms with Gasteiger partial charge in [0, 0.05) is 11.8 Å². The van der Waals surface area contributed by atoms with Gasteiger partial charge in [0.1, 0.15) is 11.3 Å². The van der Waals surface area contributed by atoms with E-state index in [0.29, 0.717) is 16.9 Å². The van der Waals surface area contributed by atoms with Gasteiger partial charge in [0.25, 0.3) is 5.78 Å². The van der Waals surface area contributed by atoms with E-state index in [1.165, 1.54) is 11.8 Å². The van der Waals surface area contributed by atoms with Gasteiger partial charge in [-0.15, -0.1) is 0 Å². The summed E-state index contributed by atoms with van der Waals surface area (Å²) in [7, 11) is 0. The molecule has 0 aliphatic carbocycles. The summed E-state index contributed by atoms with van der Waals surface area (Å²) < 4.78 is 1.63. The summed E-state index contributed by atoms with van der Waals surface area (Å²) >= 11 is 0. The lowest BCUT2D eigenvalue weighted by molar-refractivity contribution is 0.0813. The number of nitrogens with zero attached hydrogens (tertiary/aromatic N) is 2. The van der Waals surface area contributed by atoms with E-state index in [9.17, 15) is 9.59 Å². The highest BCUT2D eigenvalue weighted by Crippen LogP contribution is 2.13. The van der Waals surface area contributed by atoms with Crippen molar-refractivity contribution in [2.24, 2.45) is 0 Å². The molecule has 0 N–H and O–H groups in total. The number of ketones is 2. The highest BCUT2D eigenvalue weighted by molar-refractivity contribution is 6.48. The Labute approximate surface area is 134 Å². The molecular formula is C19H18N2O2. The Hall–Kier alpha value is -2.75. The number of pyridine rings is 1. The monoisotopic (exact) mass is 306 g/mol. The number of carbonyl (C=O) groups excluding carboxylic acids is 2. The van der Waals surface area contributed by atoms with Crippen LogP contribution in [0.2, 0.25) is 0 Å². The Balaban J connectivity index is 1.83. The topological polar surface area (TPSA) is 51.4 Å². The van der Waals surface area contributed by atoms with Crippen molar-refractivity contribution in [3.8, 4) is 0 Å². The van der Waals surface area contributed by atoms with Gasteiger partial charge in [-0.25, -0.2) is 4.98 Å². The average molecular weight is 306 g/mol. The van der Waals surface area contributed by atoms with Crippen LogP contribution in [0.4, 0.5) is 0 Å². The highest BCUT2D eigenvalue weighted by Gasteiger charge is 2.21. The summed E-state index contributed by atoms with van der Waals surface area (Å²) in [5, 5.41) is 0. The van der Waals surface area contributed by atoms with Gasteiger partial charge < -0.3 is 0 Å². The molecule has 0 radical (unpaired) electrons. The van der Waals surface area contributed by atoms with Crippen LogP contribution >= 0.6 is 0 Å². The Kier molecular flexibility index (Phi) is 4.33. The van der Waals surface area contributed by atoms with Gasteiger partial charge >= 0.3 is 0 Å². The number of Topliss-reactive ketones (excluding diaryl/α,β-unsaturated/α-hetero) is 2. The number of benzene rings is 1. The molecule has 1 aromatic carbocycles. The standard InChI is InChI=1S/C19H18N2O2/c1-2-3-6-14-8-10-15(11-9-14)18(22)19(23)16-13-20-17-7-4-5-12-21(16)17/h4-5,7-13H,2-3,6H2,1H3. The SMILES string of the molecule is CCCCc1ccc(C(=O)C(=O)c2cnc3ccccn23)cc1. The number of aryl methyl sites for hydroxylation is 1. The second-order valence-corrected chi connectivity index (χ2v) is 5.53. The Morgan fingerprint density at radius 1 is 1.04 bits per heavy atom. The fourth-order valence-electron chi connectivity index (χ4n) is 2.55. The molecule has 3 aromatic rings. The molecule has 0 saturated carbocycles. The summed E-state index contributed by atoms with van der Waals surface area (Å²) in [5.74, 6) is -1.04. The minimum atomic E-state index is -0.537. The summed E-state index contributed by atoms with van der Waals surface area (Å²) in [6, 6.07) is 12.7. The van der Waals surface area contributed by atoms with E-state index in [1.807, 2.05) is 18.2 Å². The number of carbonyl (C=O) groups is 2. The van der Waals surface area contributed by atoms with Gasteiger partial charge in [0.2, 0.25) is 5.78 Å². The second kappa shape index (κ2) is 6.57. The molecule has 3 rings (SSSR count). The molecule has 2 aromatic heterocycles. The highest BCUT2D eigenvalue weighted by atomic mass is 16.2. The fraction of sp³-hybridized carbons (Fsp3) is 0.211. The quantitative estimate of drug-likeness (QED) is 0.515. The van der Waals surface area contributed by atoms with Crippen LogP contribution in [0, 0.1) is 0 Å². The van der Waals surface area contributed by atoms with Gasteiger partial charge in [-0.2, -0.15) is 0 Å². The zero-order valence-corrected chi connectivity index (χ0v) is 13.0. The van der Waals surface area contributed by atoms with E-state index < -0.39 is 11.6 Å². The molecule has 2 heterocycles. The Morgan fingerprint density at radius 3 is 2.57 bits per heavy atom. The van der Waals surface area contributed by atoms with Gasteiger partial charge in [-0.05, 0) is 30.5 Å². The van der Waals surface area contributed by atoms with Crippen molar-refractivity contribution in [2.75, 3.05) is 0 Å². The van der Waals surface area contributed by atoms with Crippen molar-refractivity contribution in [3.63, 3.8) is 0 Å². The summed E-state index contributed by atoms with van der Waals surface area (Å²) in [6.07, 6.45) is 6.43. The van der Waals surface area contributed by atoms with Crippen LogP contribution in [0.5, 0.6) is 0 Å². The molecule has 23 heavy (non-hydrogen) atoms. The molecule has 0 aliphatic rings. The normalized spacial score (nSPS) is 10.8. The van der Waals surface area contributed by atoms with Crippen LogP contribution in [-0.2, 0) is 6.42 Å². The number of unbranched alkanes of at least 4 members (excludes halogenated alkanes) is 1. The molecule has 4 heteroatoms. The molecule has 0 bridgehead atoms. The minimum Gasteiger partial charge on any atom is -0.297 e. The molecular weight excluding hydrogens is 288 g/mol. The molecule has 0 spiro atoms. The third-order valence-electron chi connectivity index (χ3n) is 3.89. The zero-order chi connectivity index (χ0) is 16.2. The fourth-order valence-corrected chi connectivity index (χ4v) is 2.55. The zero-order valence-electron chi connectivity index (χ0n) is 13.0. The number of aromatic nitrogens is 2. The average Bonchev–Trinajstić information content (AvgIpc) is 3.03. The molecule has 0 atom stereocenters. The van der Waals surface area contributed by atoms with E-state index in [2.05, 4.69) is 11.9 Å². The molecule has 0 unspecified atom stereocenters. The number of hydrogen-bond donors (Lipinski definition) is 0. The maximum Gasteiger partial charge on any atom is 0.251 e. The first-order chi connectivity index (χ1) is 11.2. The second-order valence-electron chi connectivity index (χ2n) is 5.53. The van der Waals surface area contributed by atoms with Crippen molar-refractivity contribution in [3.05, 3.63) is 71.7 Å². The van der Waals surface area contributed by atoms with Crippen LogP contribution in [0.15, 0.2) is 54.9 Å². The number of imidazole rings is 1. The predicted octanol–water partition coefficient (Wildman–Crippen LogP) is 3.74. The van der Waals surface area contributed by atoms with E-state index in [-0.39, 0.29) is 0 Å². The molecule has 4 nitrogen and oxygen atoms in total. The minimum absolute atomic E-state index is 0.292. The lowest BCUT2D eigenvalue weighted by Gasteiger charge is -2.03. The van der Waals surface area contributed by atoms with Gasteiger partial charge in [-0.1, -0.05) is 43.7 Å². The summed E-state index contributed by atoms with van der Waals surface area (Å²) in [6.45, 7) is 2.15. The third-order valence-corrected chi connectivity index (χ3v) is 3.89. The first-order valence-corrected chi connectivity index (χ1v) is 7.80. The maximum absolute atomic E-state index is 12.5. The number of fused-ring (bicyclic) bond motifs is 1. The van der Waals surface area contributed by atoms with Crippen molar-refractivity contribution in [1.82, 2.24) is 9.38 Å². The van der Waals surface area contributed by atoms with Crippen molar-refractivity contribution in [1.29, 1.82) is 0 Å². The molecule has 116 valence electrons. The van der Waals surface area contributed by atoms with E-state index >= 15 is 0 Å². The van der Waals surface area contributed by atoms with Crippen LogP contribution in [-0.4, -0.2) is 21.0 Å². The lowest BCUT2D eigenvalue weighted by atomic mass is 10.0. The van der Waals surface area contributed by atoms with Crippen LogP contribution in [0.1, 0.15) is 46.2 Å². The molecule has 0 fully saturated rings. The molecule has 0 amide bonds. The smallest absolute Gasteiger partial charge is 0.251 e. The van der Waals surface area contributed by atoms with Crippen LogP contribution < -0.4 is 0 Å². The summed E-state index contributed by atoms with van der Waals surface area (Å²) in [4.78, 5) is 29.0. The van der Waals surface area contributed by atoms with Crippen molar-refractivity contribution in [2.45, 2.75) is 26.2 Å². The number of hydrogen-bond acceptors (Lipinski definition) is 3. The first kappa shape index (κ1) is 15.2. The van der Waals surface area contributed by atoms with Gasteiger partial charge in [-0.3, -0.25) is 14.0 Å². The largest absolute Gasteiger partial charge is 0.297 e. The lowest BCUT2D eigenvalue weighted by Crippen LogP contribution is -2.16. The molecule has 0 saturated heterocycles. The molecule has 0 aliphatic heterocycles. The van der Waals surface area contributed by atoms with E-state index in [4.69, 9.17) is 0 Å². The number of rotatable bonds is 6. The van der Waals surface area contributed by atoms with Crippen molar-refractivity contribution < 1.29 is 9.59 Å². The summed E-state index contributed by atoms with van der Waals surface area (Å²) in [5.41, 5.74) is 2.55. The first-order valence-electron chi connectivity index (χ1n) is 7.80. The van der Waals surface area contributed by atoms with Crippen LogP contribution in [0.25, 0.3) is 5.65 Å². The predicted molar refractivity (Wildman–Crippen MR) is 88.9 cm³/mol. The van der Waals surface area contributed by atoms with Crippen molar-refractivity contribution >= 4 is 17.2 Å². The van der Waals surface area contributed by atoms with Gasteiger partial charge in [0.05, 0.1) is 6.20 Å². The Bertz CT molecular complexity index is 847. The van der Waals surface area contributed by atoms with Crippen LogP contribution in [0.3, 0.4) is 0 Å². The Morgan fingerprint density at radius 2 is 1.83 bits per heavy atom. The van der Waals surface area contributed by atoms with E-state index in [1.54, 1.807) is 34.9 Å².